The molecular weight excluding hydrogens is 302 g/mol. The molecule has 0 bridgehead atoms. The van der Waals surface area contributed by atoms with Gasteiger partial charge in [0.2, 0.25) is 0 Å². The van der Waals surface area contributed by atoms with Crippen LogP contribution in [0.1, 0.15) is 25.2 Å². The second kappa shape index (κ2) is 5.17. The first kappa shape index (κ1) is 14.4. The smallest absolute Gasteiger partial charge is 0.309 e. The Bertz CT molecular complexity index is 595. The highest BCUT2D eigenvalue weighted by molar-refractivity contribution is 6.31. The Hall–Kier alpha value is -1.01. The van der Waals surface area contributed by atoms with E-state index >= 15 is 0 Å². The molecule has 0 radical (unpaired) electrons. The standard InChI is InChI=1S/C11H10Cl2F3N3/c1-6(3-11(14,15)16)19-9(4-12)18-8-2-7(13)5-17-10(8)19/h2,5-6H,3-4H2,1H3. The Morgan fingerprint density at radius 1 is 1.42 bits per heavy atom. The maximum Gasteiger partial charge on any atom is 0.391 e. The van der Waals surface area contributed by atoms with Gasteiger partial charge >= 0.3 is 6.18 Å². The minimum Gasteiger partial charge on any atom is -0.309 e. The lowest BCUT2D eigenvalue weighted by molar-refractivity contribution is -0.141. The number of aromatic nitrogens is 3. The van der Waals surface area contributed by atoms with Crippen molar-refractivity contribution in [3.05, 3.63) is 23.1 Å². The molecule has 1 unspecified atom stereocenters. The van der Waals surface area contributed by atoms with Crippen molar-refractivity contribution >= 4 is 34.4 Å². The van der Waals surface area contributed by atoms with Gasteiger partial charge in [0.05, 0.1) is 17.3 Å². The fourth-order valence-corrected chi connectivity index (χ4v) is 2.33. The summed E-state index contributed by atoms with van der Waals surface area (Å²) in [6.45, 7) is 1.46. The number of fused-ring (bicyclic) bond motifs is 1. The Kier molecular flexibility index (Phi) is 3.92. The van der Waals surface area contributed by atoms with Gasteiger partial charge < -0.3 is 4.57 Å². The van der Waals surface area contributed by atoms with Crippen LogP contribution < -0.4 is 0 Å². The van der Waals surface area contributed by atoms with E-state index in [0.29, 0.717) is 22.0 Å². The van der Waals surface area contributed by atoms with E-state index in [1.807, 2.05) is 0 Å². The molecule has 0 N–H and O–H groups in total. The van der Waals surface area contributed by atoms with E-state index in [1.54, 1.807) is 6.07 Å². The summed E-state index contributed by atoms with van der Waals surface area (Å²) in [4.78, 5) is 8.20. The van der Waals surface area contributed by atoms with Crippen molar-refractivity contribution in [3.63, 3.8) is 0 Å². The van der Waals surface area contributed by atoms with Crippen LogP contribution in [0.15, 0.2) is 12.3 Å². The summed E-state index contributed by atoms with van der Waals surface area (Å²) in [5, 5.41) is 0.377. The highest BCUT2D eigenvalue weighted by Gasteiger charge is 2.32. The molecule has 2 aromatic rings. The lowest BCUT2D eigenvalue weighted by Crippen LogP contribution is -2.18. The highest BCUT2D eigenvalue weighted by Crippen LogP contribution is 2.31. The third-order valence-electron chi connectivity index (χ3n) is 2.66. The first-order valence-corrected chi connectivity index (χ1v) is 6.38. The molecule has 0 saturated heterocycles. The molecule has 8 heteroatoms. The number of rotatable bonds is 3. The topological polar surface area (TPSA) is 30.7 Å². The van der Waals surface area contributed by atoms with Crippen LogP contribution in [0.2, 0.25) is 5.02 Å². The van der Waals surface area contributed by atoms with E-state index in [9.17, 15) is 13.2 Å². The van der Waals surface area contributed by atoms with Gasteiger partial charge in [0.25, 0.3) is 0 Å². The third kappa shape index (κ3) is 3.12. The third-order valence-corrected chi connectivity index (χ3v) is 3.10. The molecule has 0 aromatic carbocycles. The van der Waals surface area contributed by atoms with Gasteiger partial charge in [0.1, 0.15) is 11.3 Å². The van der Waals surface area contributed by atoms with Crippen LogP contribution in [0.5, 0.6) is 0 Å². The molecule has 0 fully saturated rings. The average molecular weight is 312 g/mol. The van der Waals surface area contributed by atoms with Crippen molar-refractivity contribution in [2.24, 2.45) is 0 Å². The maximum absolute atomic E-state index is 12.5. The van der Waals surface area contributed by atoms with E-state index in [-0.39, 0.29) is 5.88 Å². The first-order valence-electron chi connectivity index (χ1n) is 5.47. The normalized spacial score (nSPS) is 14.0. The zero-order chi connectivity index (χ0) is 14.2. The first-order chi connectivity index (χ1) is 8.81. The molecule has 2 rings (SSSR count). The Morgan fingerprint density at radius 2 is 2.11 bits per heavy atom. The molecule has 0 aliphatic carbocycles. The van der Waals surface area contributed by atoms with E-state index < -0.39 is 18.6 Å². The molecular formula is C11H10Cl2F3N3. The van der Waals surface area contributed by atoms with Crippen molar-refractivity contribution in [2.45, 2.75) is 31.4 Å². The van der Waals surface area contributed by atoms with Crippen LogP contribution in [0, 0.1) is 0 Å². The van der Waals surface area contributed by atoms with E-state index in [2.05, 4.69) is 9.97 Å². The highest BCUT2D eigenvalue weighted by atomic mass is 35.5. The van der Waals surface area contributed by atoms with E-state index in [0.717, 1.165) is 0 Å². The van der Waals surface area contributed by atoms with Crippen LogP contribution in [-0.2, 0) is 5.88 Å². The minimum absolute atomic E-state index is 0.0101. The Morgan fingerprint density at radius 3 is 2.68 bits per heavy atom. The second-order valence-electron chi connectivity index (χ2n) is 4.20. The zero-order valence-corrected chi connectivity index (χ0v) is 11.4. The monoisotopic (exact) mass is 311 g/mol. The predicted octanol–water partition coefficient (Wildman–Crippen LogP) is 4.34. The van der Waals surface area contributed by atoms with Crippen LogP contribution in [-0.4, -0.2) is 20.7 Å². The summed E-state index contributed by atoms with van der Waals surface area (Å²) < 4.78 is 38.9. The quantitative estimate of drug-likeness (QED) is 0.790. The van der Waals surface area contributed by atoms with Crippen molar-refractivity contribution in [1.29, 1.82) is 0 Å². The SMILES string of the molecule is CC(CC(F)(F)F)n1c(CCl)nc2cc(Cl)cnc21. The fourth-order valence-electron chi connectivity index (χ4n) is 1.99. The molecule has 2 heterocycles. The van der Waals surface area contributed by atoms with Gasteiger partial charge in [-0.15, -0.1) is 11.6 Å². The van der Waals surface area contributed by atoms with Crippen LogP contribution >= 0.6 is 23.2 Å². The second-order valence-corrected chi connectivity index (χ2v) is 4.90. The van der Waals surface area contributed by atoms with Gasteiger partial charge in [-0.2, -0.15) is 13.2 Å². The lowest BCUT2D eigenvalue weighted by Gasteiger charge is -2.17. The van der Waals surface area contributed by atoms with E-state index in [1.165, 1.54) is 17.7 Å². The number of hydrogen-bond donors (Lipinski definition) is 0. The van der Waals surface area contributed by atoms with E-state index in [4.69, 9.17) is 23.2 Å². The van der Waals surface area contributed by atoms with Gasteiger partial charge in [-0.1, -0.05) is 11.6 Å². The summed E-state index contributed by atoms with van der Waals surface area (Å²) in [7, 11) is 0. The number of halogens is 5. The summed E-state index contributed by atoms with van der Waals surface area (Å²) >= 11 is 11.5. The summed E-state index contributed by atoms with van der Waals surface area (Å²) in [6, 6.07) is 0.726. The van der Waals surface area contributed by atoms with Gasteiger partial charge in [-0.25, -0.2) is 9.97 Å². The van der Waals surface area contributed by atoms with Gasteiger partial charge in [-0.05, 0) is 13.0 Å². The summed E-state index contributed by atoms with van der Waals surface area (Å²) in [5.41, 5.74) is 0.800. The Labute approximate surface area is 117 Å². The van der Waals surface area contributed by atoms with Crippen LogP contribution in [0.25, 0.3) is 11.2 Å². The number of pyridine rings is 1. The van der Waals surface area contributed by atoms with Crippen molar-refractivity contribution in [3.8, 4) is 0 Å². The molecule has 1 atom stereocenters. The molecule has 2 aromatic heterocycles. The molecule has 104 valence electrons. The summed E-state index contributed by atoms with van der Waals surface area (Å²) in [6.07, 6.45) is -3.85. The fraction of sp³-hybridized carbons (Fsp3) is 0.455. The minimum atomic E-state index is -4.26. The van der Waals surface area contributed by atoms with Crippen molar-refractivity contribution < 1.29 is 13.2 Å². The molecule has 0 aliphatic heterocycles. The summed E-state index contributed by atoms with van der Waals surface area (Å²) in [5.74, 6) is 0.360. The van der Waals surface area contributed by atoms with Gasteiger partial charge in [0, 0.05) is 12.2 Å². The molecule has 3 nitrogen and oxygen atoms in total. The van der Waals surface area contributed by atoms with Crippen LogP contribution in [0.4, 0.5) is 13.2 Å². The van der Waals surface area contributed by atoms with Crippen molar-refractivity contribution in [2.75, 3.05) is 0 Å². The maximum atomic E-state index is 12.5. The molecule has 0 spiro atoms. The molecule has 0 aliphatic rings. The Balaban J connectivity index is 2.51. The number of nitrogens with zero attached hydrogens (tertiary/aromatic N) is 3. The van der Waals surface area contributed by atoms with Crippen molar-refractivity contribution in [1.82, 2.24) is 14.5 Å². The largest absolute Gasteiger partial charge is 0.391 e. The number of hydrogen-bond acceptors (Lipinski definition) is 2. The van der Waals surface area contributed by atoms with Crippen LogP contribution in [0.3, 0.4) is 0 Å². The zero-order valence-electron chi connectivity index (χ0n) is 9.88. The number of alkyl halides is 4. The molecule has 19 heavy (non-hydrogen) atoms. The van der Waals surface area contributed by atoms with Gasteiger partial charge in [0.15, 0.2) is 5.65 Å². The number of imidazole rings is 1. The lowest BCUT2D eigenvalue weighted by atomic mass is 10.2. The average Bonchev–Trinajstić information content (AvgIpc) is 2.63. The van der Waals surface area contributed by atoms with Gasteiger partial charge in [-0.3, -0.25) is 0 Å². The predicted molar refractivity (Wildman–Crippen MR) is 67.5 cm³/mol. The molecule has 0 amide bonds. The molecule has 0 saturated carbocycles.